The lowest BCUT2D eigenvalue weighted by molar-refractivity contribution is -0.0634. The lowest BCUT2D eigenvalue weighted by Crippen LogP contribution is -2.36. The van der Waals surface area contributed by atoms with Crippen LogP contribution >= 0.6 is 14.5 Å². The summed E-state index contributed by atoms with van der Waals surface area (Å²) in [4.78, 5) is 59.9. The monoisotopic (exact) mass is 703 g/mol. The van der Waals surface area contributed by atoms with E-state index in [1.54, 1.807) is 6.92 Å². The number of aromatic nitrogens is 6. The first kappa shape index (κ1) is 31.7. The van der Waals surface area contributed by atoms with Crippen LogP contribution in [0.4, 0.5) is 5.95 Å². The topological polar surface area (TPSA) is 281 Å². The van der Waals surface area contributed by atoms with Gasteiger partial charge in [-0.05, 0) is 30.9 Å². The average molecular weight is 704 g/mol. The highest BCUT2D eigenvalue weighted by Gasteiger charge is 2.53. The lowest BCUT2D eigenvalue weighted by Gasteiger charge is -2.27. The van der Waals surface area contributed by atoms with E-state index in [0.717, 1.165) is 0 Å². The molecule has 46 heavy (non-hydrogen) atoms. The van der Waals surface area contributed by atoms with Crippen molar-refractivity contribution in [1.29, 1.82) is 0 Å². The van der Waals surface area contributed by atoms with E-state index in [1.807, 2.05) is 0 Å². The number of H-pyrrole nitrogens is 2. The number of ether oxygens (including phenoxy) is 2. The first-order valence-corrected chi connectivity index (χ1v) is 17.7. The Morgan fingerprint density at radius 3 is 2.22 bits per heavy atom. The summed E-state index contributed by atoms with van der Waals surface area (Å²) in [5.74, 6) is 0.0801. The number of nitrogens with two attached hydrogens (primary N) is 1. The third-order valence-corrected chi connectivity index (χ3v) is 10.3. The van der Waals surface area contributed by atoms with Gasteiger partial charge in [0.15, 0.2) is 18.1 Å². The summed E-state index contributed by atoms with van der Waals surface area (Å²) < 4.78 is 49.5. The zero-order chi connectivity index (χ0) is 32.7. The molecule has 3 fully saturated rings. The molecule has 10 atom stereocenters. The van der Waals surface area contributed by atoms with Crippen molar-refractivity contribution in [1.82, 2.24) is 29.1 Å². The number of phosphoric acid groups is 1. The van der Waals surface area contributed by atoms with Crippen LogP contribution in [0.3, 0.4) is 0 Å². The molecule has 4 unspecified atom stereocenters. The average Bonchev–Trinajstić information content (AvgIpc) is 3.72. The number of nitrogens with zero attached hydrogens (tertiary/aromatic N) is 4. The van der Waals surface area contributed by atoms with Gasteiger partial charge in [0, 0.05) is 12.4 Å². The fourth-order valence-corrected chi connectivity index (χ4v) is 8.11. The van der Waals surface area contributed by atoms with Crippen molar-refractivity contribution < 1.29 is 52.1 Å². The van der Waals surface area contributed by atoms with Crippen molar-refractivity contribution in [2.75, 3.05) is 18.9 Å². The number of hydrogen-bond acceptors (Lipinski definition) is 15. The number of aryl methyl sites for hydroxylation is 1. The zero-order valence-electron chi connectivity index (χ0n) is 23.5. The fraction of sp³-hybridized carbons (Fsp3) is 0.478. The maximum Gasteiger partial charge on any atom is 0.472 e. The van der Waals surface area contributed by atoms with E-state index in [0.29, 0.717) is 0 Å². The summed E-state index contributed by atoms with van der Waals surface area (Å²) >= 11 is 5.24. The van der Waals surface area contributed by atoms with Crippen molar-refractivity contribution in [3.8, 4) is 0 Å². The van der Waals surface area contributed by atoms with Crippen molar-refractivity contribution in [2.45, 2.75) is 56.0 Å². The molecule has 3 saturated heterocycles. The Kier molecular flexibility index (Phi) is 7.84. The number of nitrogen functional groups attached to an aromatic ring is 1. The number of anilines is 1. The Hall–Kier alpha value is -2.88. The molecule has 4 aromatic heterocycles. The molecule has 0 aliphatic carbocycles. The third-order valence-electron chi connectivity index (χ3n) is 7.78. The minimum absolute atomic E-state index is 0.0389. The van der Waals surface area contributed by atoms with Gasteiger partial charge in [0.05, 0.1) is 24.0 Å². The van der Waals surface area contributed by atoms with Gasteiger partial charge in [-0.15, -0.1) is 0 Å². The largest absolute Gasteiger partial charge is 0.472 e. The molecule has 7 rings (SSSR count). The summed E-state index contributed by atoms with van der Waals surface area (Å²) in [6.45, 7) is -4.06. The second-order valence-corrected chi connectivity index (χ2v) is 15.0. The molecule has 3 aliphatic heterocycles. The molecular weight excluding hydrogens is 676 g/mol. The van der Waals surface area contributed by atoms with Crippen molar-refractivity contribution >= 4 is 54.4 Å². The molecule has 7 heterocycles. The number of nitrogens with one attached hydrogen (secondary N) is 2. The van der Waals surface area contributed by atoms with Crippen molar-refractivity contribution in [3.05, 3.63) is 51.1 Å². The molecular formula is C23H27N7O13P2S. The molecule has 4 aromatic rings. The standard InChI is InChI=1S/C23H27N7O13P2S/c1-8-25-17-9(19(33)26-8)3-5-30(17)22-16-13(31)11(40-22)6-38-44(35,36)42-15-12(7-39-45(37,46)43-16)41-21(14(15)32)29-4-2-10-18(29)27-23(24)28-20(10)34/h2-5,11-16,21-22,31-32H,6-7H2,1H3,(H,35,36)(H,37,46)(H,25,26,33)(H3,24,27,28,34)/t11-,12-,13?,14?,15+,16+,21-,22-,45?/m1/s1. The molecule has 20 nitrogen and oxygen atoms in total. The highest BCUT2D eigenvalue weighted by Crippen LogP contribution is 2.54. The predicted octanol–water partition coefficient (Wildman–Crippen LogP) is -0.996. The van der Waals surface area contributed by atoms with Gasteiger partial charge in [-0.25, -0.2) is 9.55 Å². The van der Waals surface area contributed by atoms with Crippen LogP contribution in [0.1, 0.15) is 18.3 Å². The van der Waals surface area contributed by atoms with Crippen LogP contribution in [-0.4, -0.2) is 98.9 Å². The van der Waals surface area contributed by atoms with Crippen LogP contribution in [0.5, 0.6) is 0 Å². The first-order valence-electron chi connectivity index (χ1n) is 13.6. The van der Waals surface area contributed by atoms with Crippen LogP contribution in [0.25, 0.3) is 22.1 Å². The smallest absolute Gasteiger partial charge is 0.387 e. The summed E-state index contributed by atoms with van der Waals surface area (Å²) in [6, 6.07) is 2.87. The minimum atomic E-state index is -5.02. The molecule has 0 amide bonds. The highest BCUT2D eigenvalue weighted by molar-refractivity contribution is 8.07. The van der Waals surface area contributed by atoms with Gasteiger partial charge in [0.1, 0.15) is 48.1 Å². The molecule has 0 aromatic carbocycles. The molecule has 0 spiro atoms. The highest BCUT2D eigenvalue weighted by atomic mass is 32.5. The number of fused-ring (bicyclic) bond motifs is 5. The third kappa shape index (κ3) is 5.56. The predicted molar refractivity (Wildman–Crippen MR) is 158 cm³/mol. The number of aromatic amines is 2. The summed E-state index contributed by atoms with van der Waals surface area (Å²) in [5.41, 5.74) is 4.91. The summed E-state index contributed by atoms with van der Waals surface area (Å²) in [6.07, 6.45) is -8.80. The molecule has 3 aliphatic rings. The quantitative estimate of drug-likeness (QED) is 0.123. The SMILES string of the molecule is Cc1nc2c(ccn2[C@@H]2O[C@@H]3COP(=O)(O)O[C@@H]4C(O)[C@H](n5ccc6c(=O)[nH]c(N)nc65)O[C@@H]4COP(O)(=S)O[C@H]2C3O)c(=O)[nH]1. The van der Waals surface area contributed by atoms with Crippen molar-refractivity contribution in [3.63, 3.8) is 0 Å². The normalized spacial score (nSPS) is 37.2. The van der Waals surface area contributed by atoms with Crippen molar-refractivity contribution in [2.24, 2.45) is 0 Å². The minimum Gasteiger partial charge on any atom is -0.387 e. The van der Waals surface area contributed by atoms with Gasteiger partial charge in [0.2, 0.25) is 5.95 Å². The number of phosphoric ester groups is 1. The van der Waals surface area contributed by atoms with E-state index in [1.165, 1.54) is 33.7 Å². The maximum absolute atomic E-state index is 13.1. The number of rotatable bonds is 2. The molecule has 2 bridgehead atoms. The Labute approximate surface area is 261 Å². The van der Waals surface area contributed by atoms with Crippen LogP contribution in [-0.2, 0) is 43.9 Å². The van der Waals surface area contributed by atoms with E-state index in [2.05, 4.69) is 19.9 Å². The first-order chi connectivity index (χ1) is 21.7. The Morgan fingerprint density at radius 2 is 1.50 bits per heavy atom. The molecule has 0 radical (unpaired) electrons. The van der Waals surface area contributed by atoms with Gasteiger partial charge in [0.25, 0.3) is 11.1 Å². The van der Waals surface area contributed by atoms with Gasteiger partial charge < -0.3 is 53.8 Å². The zero-order valence-corrected chi connectivity index (χ0v) is 26.1. The number of aliphatic hydroxyl groups is 2. The van der Waals surface area contributed by atoms with Gasteiger partial charge in [-0.3, -0.25) is 28.1 Å². The van der Waals surface area contributed by atoms with E-state index in [-0.39, 0.29) is 33.8 Å². The van der Waals surface area contributed by atoms with Crippen LogP contribution < -0.4 is 16.9 Å². The molecule has 8 N–H and O–H groups in total. The Balaban J connectivity index is 1.21. The van der Waals surface area contributed by atoms with E-state index < -0.39 is 88.0 Å². The molecule has 248 valence electrons. The van der Waals surface area contributed by atoms with Crippen LogP contribution in [0.15, 0.2) is 34.1 Å². The van der Waals surface area contributed by atoms with E-state index >= 15 is 0 Å². The molecule has 23 heteroatoms. The fourth-order valence-electron chi connectivity index (χ4n) is 5.73. The maximum atomic E-state index is 13.1. The second-order valence-electron chi connectivity index (χ2n) is 10.8. The van der Waals surface area contributed by atoms with Gasteiger partial charge in [-0.1, -0.05) is 0 Å². The van der Waals surface area contributed by atoms with Gasteiger partial charge >= 0.3 is 14.5 Å². The Bertz CT molecular complexity index is 2050. The van der Waals surface area contributed by atoms with E-state index in [4.69, 9.17) is 45.1 Å². The summed E-state index contributed by atoms with van der Waals surface area (Å²) in [5, 5.41) is 22.7. The van der Waals surface area contributed by atoms with E-state index in [9.17, 15) is 34.2 Å². The lowest BCUT2D eigenvalue weighted by atomic mass is 10.1. The summed E-state index contributed by atoms with van der Waals surface area (Å²) in [7, 11) is -5.02. The van der Waals surface area contributed by atoms with Crippen LogP contribution in [0, 0.1) is 6.92 Å². The second kappa shape index (κ2) is 11.4. The van der Waals surface area contributed by atoms with Gasteiger partial charge in [-0.2, -0.15) is 4.98 Å². The Morgan fingerprint density at radius 1 is 0.891 bits per heavy atom. The molecule has 0 saturated carbocycles. The number of aliphatic hydroxyl groups excluding tert-OH is 2. The van der Waals surface area contributed by atoms with Crippen LogP contribution in [0.2, 0.25) is 0 Å². The number of hydrogen-bond donors (Lipinski definition) is 7.